The lowest BCUT2D eigenvalue weighted by Crippen LogP contribution is -2.50. The van der Waals surface area contributed by atoms with Crippen LogP contribution in [0.25, 0.3) is 11.1 Å². The molecular weight excluding hydrogens is 327 g/mol. The van der Waals surface area contributed by atoms with Gasteiger partial charge < -0.3 is 10.6 Å². The van der Waals surface area contributed by atoms with E-state index >= 15 is 0 Å². The van der Waals surface area contributed by atoms with Gasteiger partial charge in [-0.2, -0.15) is 0 Å². The van der Waals surface area contributed by atoms with Crippen LogP contribution in [-0.4, -0.2) is 25.0 Å². The summed E-state index contributed by atoms with van der Waals surface area (Å²) in [6.07, 6.45) is 2.38. The highest BCUT2D eigenvalue weighted by molar-refractivity contribution is 5.83. The van der Waals surface area contributed by atoms with Crippen molar-refractivity contribution < 1.29 is 9.18 Å². The van der Waals surface area contributed by atoms with Gasteiger partial charge in [0.05, 0.1) is 5.41 Å². The molecule has 0 radical (unpaired) electrons. The monoisotopic (exact) mass is 354 g/mol. The molecule has 26 heavy (non-hydrogen) atoms. The Morgan fingerprint density at radius 1 is 1.12 bits per heavy atom. The molecule has 1 fully saturated rings. The van der Waals surface area contributed by atoms with Crippen molar-refractivity contribution >= 4 is 5.91 Å². The van der Waals surface area contributed by atoms with Crippen LogP contribution >= 0.6 is 0 Å². The van der Waals surface area contributed by atoms with E-state index in [1.54, 1.807) is 12.1 Å². The second-order valence-electron chi connectivity index (χ2n) is 7.51. The second-order valence-corrected chi connectivity index (χ2v) is 7.51. The van der Waals surface area contributed by atoms with Gasteiger partial charge in [-0.1, -0.05) is 42.5 Å². The number of hydrogen-bond donors (Lipinski definition) is 2. The number of hydrogen-bond acceptors (Lipinski definition) is 2. The SMILES string of the molecule is CC(C)NC(=O)C1(Cc2ccc(-c3ccccc3F)cc2)CCNCC1. The Balaban J connectivity index is 1.81. The van der Waals surface area contributed by atoms with E-state index in [2.05, 4.69) is 10.6 Å². The number of piperidine rings is 1. The van der Waals surface area contributed by atoms with Gasteiger partial charge in [0.1, 0.15) is 5.82 Å². The summed E-state index contributed by atoms with van der Waals surface area (Å²) in [5.74, 6) is -0.0708. The zero-order valence-corrected chi connectivity index (χ0v) is 15.5. The topological polar surface area (TPSA) is 41.1 Å². The van der Waals surface area contributed by atoms with Crippen LogP contribution in [-0.2, 0) is 11.2 Å². The predicted octanol–water partition coefficient (Wildman–Crippen LogP) is 3.93. The van der Waals surface area contributed by atoms with Crippen LogP contribution in [0.3, 0.4) is 0 Å². The van der Waals surface area contributed by atoms with E-state index in [0.29, 0.717) is 12.0 Å². The van der Waals surface area contributed by atoms with E-state index in [0.717, 1.165) is 37.1 Å². The minimum atomic E-state index is -0.366. The molecule has 0 aliphatic carbocycles. The summed E-state index contributed by atoms with van der Waals surface area (Å²) in [5.41, 5.74) is 2.21. The minimum Gasteiger partial charge on any atom is -0.353 e. The second kappa shape index (κ2) is 8.00. The zero-order valence-electron chi connectivity index (χ0n) is 15.5. The fourth-order valence-corrected chi connectivity index (χ4v) is 3.69. The van der Waals surface area contributed by atoms with Crippen molar-refractivity contribution in [3.8, 4) is 11.1 Å². The van der Waals surface area contributed by atoms with Crippen LogP contribution in [0.4, 0.5) is 4.39 Å². The molecule has 1 aliphatic heterocycles. The Bertz CT molecular complexity index is 749. The number of carbonyl (C=O) groups is 1. The van der Waals surface area contributed by atoms with Gasteiger partial charge in [0.25, 0.3) is 0 Å². The van der Waals surface area contributed by atoms with E-state index in [4.69, 9.17) is 0 Å². The highest BCUT2D eigenvalue weighted by Crippen LogP contribution is 2.34. The Kier molecular flexibility index (Phi) is 5.72. The lowest BCUT2D eigenvalue weighted by Gasteiger charge is -2.37. The first-order valence-corrected chi connectivity index (χ1v) is 9.36. The Morgan fingerprint density at radius 3 is 2.38 bits per heavy atom. The highest BCUT2D eigenvalue weighted by Gasteiger charge is 2.39. The average Bonchev–Trinajstić information content (AvgIpc) is 2.63. The molecule has 1 saturated heterocycles. The first kappa shape index (κ1) is 18.6. The quantitative estimate of drug-likeness (QED) is 0.854. The third kappa shape index (κ3) is 4.13. The van der Waals surface area contributed by atoms with Crippen LogP contribution in [0.15, 0.2) is 48.5 Å². The third-order valence-electron chi connectivity index (χ3n) is 5.14. The van der Waals surface area contributed by atoms with Crippen LogP contribution < -0.4 is 10.6 Å². The molecule has 0 atom stereocenters. The van der Waals surface area contributed by atoms with Gasteiger partial charge in [-0.15, -0.1) is 0 Å². The number of carbonyl (C=O) groups excluding carboxylic acids is 1. The van der Waals surface area contributed by atoms with Gasteiger partial charge in [-0.3, -0.25) is 4.79 Å². The molecular formula is C22H27FN2O. The molecule has 1 heterocycles. The van der Waals surface area contributed by atoms with Crippen LogP contribution in [0.5, 0.6) is 0 Å². The molecule has 0 spiro atoms. The van der Waals surface area contributed by atoms with Crippen LogP contribution in [0.1, 0.15) is 32.3 Å². The standard InChI is InChI=1S/C22H27FN2O/c1-16(2)25-21(26)22(11-13-24-14-12-22)15-17-7-9-18(10-8-17)19-5-3-4-6-20(19)23/h3-10,16,24H,11-15H2,1-2H3,(H,25,26). The van der Waals surface area contributed by atoms with Crippen molar-refractivity contribution in [3.05, 3.63) is 59.9 Å². The molecule has 0 aromatic heterocycles. The molecule has 2 aromatic rings. The number of benzene rings is 2. The maximum absolute atomic E-state index is 14.0. The van der Waals surface area contributed by atoms with Gasteiger partial charge in [0, 0.05) is 11.6 Å². The minimum absolute atomic E-state index is 0.137. The summed E-state index contributed by atoms with van der Waals surface area (Å²) in [4.78, 5) is 12.9. The van der Waals surface area contributed by atoms with E-state index in [-0.39, 0.29) is 23.2 Å². The summed E-state index contributed by atoms with van der Waals surface area (Å²) in [6.45, 7) is 5.71. The summed E-state index contributed by atoms with van der Waals surface area (Å²) >= 11 is 0. The van der Waals surface area contributed by atoms with Crippen molar-refractivity contribution in [3.63, 3.8) is 0 Å². The fourth-order valence-electron chi connectivity index (χ4n) is 3.69. The fraction of sp³-hybridized carbons (Fsp3) is 0.409. The Hall–Kier alpha value is -2.20. The molecule has 3 nitrogen and oxygen atoms in total. The molecule has 4 heteroatoms. The van der Waals surface area contributed by atoms with Crippen molar-refractivity contribution in [2.75, 3.05) is 13.1 Å². The largest absolute Gasteiger partial charge is 0.353 e. The maximum atomic E-state index is 14.0. The first-order chi connectivity index (χ1) is 12.5. The number of halogens is 1. The van der Waals surface area contributed by atoms with Gasteiger partial charge in [-0.05, 0) is 63.4 Å². The highest BCUT2D eigenvalue weighted by atomic mass is 19.1. The molecule has 0 saturated carbocycles. The molecule has 0 unspecified atom stereocenters. The molecule has 1 aliphatic rings. The van der Waals surface area contributed by atoms with E-state index in [1.165, 1.54) is 6.07 Å². The molecule has 3 rings (SSSR count). The number of rotatable bonds is 5. The van der Waals surface area contributed by atoms with Crippen LogP contribution in [0.2, 0.25) is 0 Å². The van der Waals surface area contributed by atoms with Gasteiger partial charge in [0.2, 0.25) is 5.91 Å². The zero-order chi connectivity index (χ0) is 18.6. The Labute approximate surface area is 155 Å². The summed E-state index contributed by atoms with van der Waals surface area (Å²) in [6, 6.07) is 14.9. The summed E-state index contributed by atoms with van der Waals surface area (Å²) in [7, 11) is 0. The molecule has 1 amide bonds. The molecule has 0 bridgehead atoms. The van der Waals surface area contributed by atoms with Gasteiger partial charge in [-0.25, -0.2) is 4.39 Å². The van der Waals surface area contributed by atoms with Crippen LogP contribution in [0, 0.1) is 11.2 Å². The predicted molar refractivity (Wildman–Crippen MR) is 103 cm³/mol. The van der Waals surface area contributed by atoms with Crippen molar-refractivity contribution in [2.24, 2.45) is 5.41 Å². The lowest BCUT2D eigenvalue weighted by atomic mass is 9.73. The normalized spacial score (nSPS) is 16.5. The Morgan fingerprint density at radius 2 is 1.77 bits per heavy atom. The molecule has 2 aromatic carbocycles. The first-order valence-electron chi connectivity index (χ1n) is 9.36. The number of amides is 1. The lowest BCUT2D eigenvalue weighted by molar-refractivity contribution is -0.133. The smallest absolute Gasteiger partial charge is 0.226 e. The van der Waals surface area contributed by atoms with E-state index < -0.39 is 0 Å². The van der Waals surface area contributed by atoms with E-state index in [1.807, 2.05) is 44.2 Å². The van der Waals surface area contributed by atoms with Gasteiger partial charge >= 0.3 is 0 Å². The molecule has 2 N–H and O–H groups in total. The van der Waals surface area contributed by atoms with Crippen molar-refractivity contribution in [2.45, 2.75) is 39.2 Å². The van der Waals surface area contributed by atoms with Crippen molar-refractivity contribution in [1.82, 2.24) is 10.6 Å². The number of nitrogens with one attached hydrogen (secondary N) is 2. The summed E-state index contributed by atoms with van der Waals surface area (Å²) in [5, 5.41) is 6.45. The van der Waals surface area contributed by atoms with Gasteiger partial charge in [0.15, 0.2) is 0 Å². The maximum Gasteiger partial charge on any atom is 0.226 e. The average molecular weight is 354 g/mol. The third-order valence-corrected chi connectivity index (χ3v) is 5.14. The molecule has 138 valence electrons. The van der Waals surface area contributed by atoms with E-state index in [9.17, 15) is 9.18 Å². The summed E-state index contributed by atoms with van der Waals surface area (Å²) < 4.78 is 14.0. The van der Waals surface area contributed by atoms with Crippen molar-refractivity contribution in [1.29, 1.82) is 0 Å².